The number of fused-ring (bicyclic) bond motifs is 1. The van der Waals surface area contributed by atoms with Crippen molar-refractivity contribution in [3.05, 3.63) is 53.1 Å². The van der Waals surface area contributed by atoms with Crippen LogP contribution >= 0.6 is 0 Å². The Bertz CT molecular complexity index is 1010. The van der Waals surface area contributed by atoms with Gasteiger partial charge in [0.2, 0.25) is 5.82 Å². The fourth-order valence-electron chi connectivity index (χ4n) is 3.93. The number of carbonyl (C=O) groups is 1. The van der Waals surface area contributed by atoms with Crippen molar-refractivity contribution >= 4 is 5.91 Å². The van der Waals surface area contributed by atoms with E-state index in [1.165, 1.54) is 12.5 Å². The Morgan fingerprint density at radius 2 is 2.29 bits per heavy atom. The van der Waals surface area contributed by atoms with E-state index >= 15 is 0 Å². The van der Waals surface area contributed by atoms with Gasteiger partial charge in [-0.3, -0.25) is 9.78 Å². The molecule has 1 saturated heterocycles. The summed E-state index contributed by atoms with van der Waals surface area (Å²) < 4.78 is 16.1. The van der Waals surface area contributed by atoms with E-state index < -0.39 is 0 Å². The summed E-state index contributed by atoms with van der Waals surface area (Å²) in [5, 5.41) is 4.20. The van der Waals surface area contributed by atoms with Crippen LogP contribution in [0.5, 0.6) is 0 Å². The number of hydrogen-bond acceptors (Lipinski definition) is 7. The highest BCUT2D eigenvalue weighted by molar-refractivity contribution is 5.94. The number of aromatic nitrogens is 3. The minimum Gasteiger partial charge on any atom is -0.472 e. The van der Waals surface area contributed by atoms with Gasteiger partial charge in [-0.15, -0.1) is 0 Å². The lowest BCUT2D eigenvalue weighted by molar-refractivity contribution is 0.0734. The third-order valence-electron chi connectivity index (χ3n) is 5.38. The second-order valence-corrected chi connectivity index (χ2v) is 7.17. The average molecular weight is 380 g/mol. The average Bonchev–Trinajstić information content (AvgIpc) is 3.49. The minimum absolute atomic E-state index is 0.0400. The van der Waals surface area contributed by atoms with Gasteiger partial charge in [0.05, 0.1) is 11.8 Å². The highest BCUT2D eigenvalue weighted by Gasteiger charge is 2.29. The highest BCUT2D eigenvalue weighted by Crippen LogP contribution is 2.33. The number of ether oxygens (including phenoxy) is 1. The summed E-state index contributed by atoms with van der Waals surface area (Å²) in [6.07, 6.45) is 7.32. The van der Waals surface area contributed by atoms with Crippen LogP contribution in [0.15, 0.2) is 33.7 Å². The largest absolute Gasteiger partial charge is 0.472 e. The predicted octanol–water partition coefficient (Wildman–Crippen LogP) is 3.08. The van der Waals surface area contributed by atoms with Gasteiger partial charge in [0.25, 0.3) is 11.8 Å². The number of nitrogens with zero attached hydrogens (tertiary/aromatic N) is 4. The lowest BCUT2D eigenvalue weighted by atomic mass is 9.94. The second-order valence-electron chi connectivity index (χ2n) is 7.17. The van der Waals surface area contributed by atoms with Crippen molar-refractivity contribution in [1.29, 1.82) is 0 Å². The van der Waals surface area contributed by atoms with Gasteiger partial charge in [0, 0.05) is 37.2 Å². The molecule has 5 rings (SSSR count). The lowest BCUT2D eigenvalue weighted by Gasteiger charge is -2.29. The number of aryl methyl sites for hydroxylation is 1. The number of amides is 1. The van der Waals surface area contributed by atoms with Gasteiger partial charge in [-0.1, -0.05) is 5.16 Å². The van der Waals surface area contributed by atoms with Crippen molar-refractivity contribution in [2.75, 3.05) is 13.2 Å². The first-order valence-electron chi connectivity index (χ1n) is 9.45. The van der Waals surface area contributed by atoms with Crippen LogP contribution in [0.4, 0.5) is 0 Å². The molecule has 1 fully saturated rings. The predicted molar refractivity (Wildman–Crippen MR) is 97.3 cm³/mol. The van der Waals surface area contributed by atoms with Crippen molar-refractivity contribution in [1.82, 2.24) is 20.0 Å². The molecule has 144 valence electrons. The Kier molecular flexibility index (Phi) is 4.20. The summed E-state index contributed by atoms with van der Waals surface area (Å²) in [5.41, 5.74) is 4.45. The Labute approximate surface area is 161 Å². The zero-order valence-electron chi connectivity index (χ0n) is 15.6. The van der Waals surface area contributed by atoms with Gasteiger partial charge in [-0.2, -0.15) is 4.98 Å². The zero-order valence-corrected chi connectivity index (χ0v) is 15.6. The summed E-state index contributed by atoms with van der Waals surface area (Å²) in [4.78, 5) is 23.6. The number of furan rings is 1. The van der Waals surface area contributed by atoms with Gasteiger partial charge < -0.3 is 18.6 Å². The van der Waals surface area contributed by atoms with Crippen molar-refractivity contribution in [3.63, 3.8) is 0 Å². The van der Waals surface area contributed by atoms with E-state index in [0.717, 1.165) is 41.8 Å². The summed E-state index contributed by atoms with van der Waals surface area (Å²) in [6.45, 7) is 3.78. The van der Waals surface area contributed by atoms with E-state index in [2.05, 4.69) is 15.1 Å². The first kappa shape index (κ1) is 17.1. The van der Waals surface area contributed by atoms with Crippen LogP contribution in [-0.4, -0.2) is 39.1 Å². The third kappa shape index (κ3) is 2.90. The van der Waals surface area contributed by atoms with Crippen LogP contribution in [0.25, 0.3) is 11.4 Å². The molecule has 0 unspecified atom stereocenters. The molecule has 0 N–H and O–H groups in total. The molecule has 8 nitrogen and oxygen atoms in total. The van der Waals surface area contributed by atoms with Gasteiger partial charge in [-0.25, -0.2) is 0 Å². The fourth-order valence-corrected chi connectivity index (χ4v) is 3.93. The Morgan fingerprint density at radius 3 is 3.07 bits per heavy atom. The molecule has 2 aliphatic heterocycles. The van der Waals surface area contributed by atoms with Crippen LogP contribution < -0.4 is 0 Å². The van der Waals surface area contributed by atoms with Crippen LogP contribution in [0.2, 0.25) is 0 Å². The Hall–Kier alpha value is -3.00. The van der Waals surface area contributed by atoms with Crippen LogP contribution in [0.1, 0.15) is 52.0 Å². The Balaban J connectivity index is 1.45. The molecular formula is C20H20N4O4. The monoisotopic (exact) mass is 380 g/mol. The van der Waals surface area contributed by atoms with E-state index in [1.54, 1.807) is 6.07 Å². The molecular weight excluding hydrogens is 360 g/mol. The molecule has 0 aromatic carbocycles. The van der Waals surface area contributed by atoms with E-state index in [-0.39, 0.29) is 12.0 Å². The molecule has 2 aliphatic rings. The summed E-state index contributed by atoms with van der Waals surface area (Å²) in [7, 11) is 0. The molecule has 0 saturated carbocycles. The first-order chi connectivity index (χ1) is 13.7. The van der Waals surface area contributed by atoms with E-state index in [1.807, 2.05) is 18.0 Å². The minimum atomic E-state index is -0.114. The summed E-state index contributed by atoms with van der Waals surface area (Å²) >= 11 is 0. The van der Waals surface area contributed by atoms with Gasteiger partial charge in [-0.05, 0) is 43.4 Å². The Morgan fingerprint density at radius 1 is 1.36 bits per heavy atom. The van der Waals surface area contributed by atoms with Crippen LogP contribution in [0.3, 0.4) is 0 Å². The zero-order chi connectivity index (χ0) is 19.1. The summed E-state index contributed by atoms with van der Waals surface area (Å²) in [5.74, 6) is 1.03. The van der Waals surface area contributed by atoms with Crippen molar-refractivity contribution in [2.24, 2.45) is 0 Å². The smallest absolute Gasteiger partial charge is 0.257 e. The van der Waals surface area contributed by atoms with Crippen LogP contribution in [0, 0.1) is 6.92 Å². The molecule has 0 bridgehead atoms. The molecule has 0 radical (unpaired) electrons. The van der Waals surface area contributed by atoms with Crippen molar-refractivity contribution < 1.29 is 18.5 Å². The molecule has 5 heterocycles. The molecule has 3 aromatic rings. The fraction of sp³-hybridized carbons (Fsp3) is 0.400. The van der Waals surface area contributed by atoms with Gasteiger partial charge in [0.15, 0.2) is 0 Å². The highest BCUT2D eigenvalue weighted by atomic mass is 16.5. The normalized spacial score (nSPS) is 19.0. The number of hydrogen-bond donors (Lipinski definition) is 0. The first-order valence-corrected chi connectivity index (χ1v) is 9.45. The molecule has 3 aromatic heterocycles. The van der Waals surface area contributed by atoms with E-state index in [4.69, 9.17) is 13.7 Å². The quantitative estimate of drug-likeness (QED) is 0.689. The SMILES string of the molecule is Cc1ncc2c(c1-c1noc([C@H]3CCCO3)n1)CCN(C(=O)c1ccoc1)C2. The molecule has 8 heteroatoms. The second kappa shape index (κ2) is 6.87. The summed E-state index contributed by atoms with van der Waals surface area (Å²) in [6, 6.07) is 1.68. The topological polar surface area (TPSA) is 94.5 Å². The van der Waals surface area contributed by atoms with Gasteiger partial charge >= 0.3 is 0 Å². The maximum absolute atomic E-state index is 12.6. The molecule has 1 amide bonds. The van der Waals surface area contributed by atoms with Gasteiger partial charge in [0.1, 0.15) is 12.4 Å². The third-order valence-corrected chi connectivity index (χ3v) is 5.38. The number of carbonyl (C=O) groups excluding carboxylic acids is 1. The van der Waals surface area contributed by atoms with E-state index in [0.29, 0.717) is 36.8 Å². The van der Waals surface area contributed by atoms with E-state index in [9.17, 15) is 4.79 Å². The van der Waals surface area contributed by atoms with Crippen LogP contribution in [-0.2, 0) is 17.7 Å². The lowest BCUT2D eigenvalue weighted by Crippen LogP contribution is -2.36. The van der Waals surface area contributed by atoms with Crippen molar-refractivity contribution in [3.8, 4) is 11.4 Å². The maximum atomic E-state index is 12.6. The standard InChI is InChI=1S/C20H20N4O4/c1-12-17(18-22-19(28-23-18)16-3-2-7-27-16)15-4-6-24(10-14(15)9-21-12)20(25)13-5-8-26-11-13/h5,8-9,11,16H,2-4,6-7,10H2,1H3/t16-/m1/s1. The molecule has 28 heavy (non-hydrogen) atoms. The molecule has 0 aliphatic carbocycles. The molecule has 0 spiro atoms. The number of rotatable bonds is 3. The van der Waals surface area contributed by atoms with Crippen molar-refractivity contribution in [2.45, 2.75) is 38.8 Å². The maximum Gasteiger partial charge on any atom is 0.257 e. The number of pyridine rings is 1. The molecule has 1 atom stereocenters.